The highest BCUT2D eigenvalue weighted by atomic mass is 16.4. The molecule has 0 aliphatic rings. The highest BCUT2D eigenvalue weighted by Gasteiger charge is 2.06. The first-order chi connectivity index (χ1) is 9.72. The summed E-state index contributed by atoms with van der Waals surface area (Å²) in [5, 5.41) is 10.9. The van der Waals surface area contributed by atoms with Crippen LogP contribution in [-0.4, -0.2) is 10.2 Å². The lowest BCUT2D eigenvalue weighted by atomic mass is 10.1. The topological polar surface area (TPSA) is 64.1 Å². The van der Waals surface area contributed by atoms with Gasteiger partial charge in [-0.1, -0.05) is 0 Å². The Balaban J connectivity index is 1.74. The third-order valence-electron chi connectivity index (χ3n) is 3.08. The van der Waals surface area contributed by atoms with Crippen molar-refractivity contribution in [3.05, 3.63) is 53.8 Å². The average Bonchev–Trinajstić information content (AvgIpc) is 3.08. The van der Waals surface area contributed by atoms with Crippen molar-refractivity contribution in [2.24, 2.45) is 0 Å². The SMILES string of the molecule is Cc1ccc(CNc2ccc(-c3nnco3)cc2C)o1. The van der Waals surface area contributed by atoms with Gasteiger partial charge in [0.1, 0.15) is 11.5 Å². The largest absolute Gasteiger partial charge is 0.465 e. The van der Waals surface area contributed by atoms with Crippen molar-refractivity contribution in [1.82, 2.24) is 10.2 Å². The third-order valence-corrected chi connectivity index (χ3v) is 3.08. The summed E-state index contributed by atoms with van der Waals surface area (Å²) in [6.07, 6.45) is 1.33. The fourth-order valence-electron chi connectivity index (χ4n) is 2.06. The molecule has 0 saturated heterocycles. The lowest BCUT2D eigenvalue weighted by Crippen LogP contribution is -2.00. The minimum atomic E-state index is 0.529. The van der Waals surface area contributed by atoms with Gasteiger partial charge in [-0.3, -0.25) is 0 Å². The summed E-state index contributed by atoms with van der Waals surface area (Å²) < 4.78 is 10.7. The van der Waals surface area contributed by atoms with Gasteiger partial charge in [0.05, 0.1) is 6.54 Å². The summed E-state index contributed by atoms with van der Waals surface area (Å²) in [4.78, 5) is 0. The summed E-state index contributed by atoms with van der Waals surface area (Å²) in [5.74, 6) is 2.37. The van der Waals surface area contributed by atoms with Gasteiger partial charge in [0.25, 0.3) is 0 Å². The van der Waals surface area contributed by atoms with Crippen molar-refractivity contribution in [3.8, 4) is 11.5 Å². The normalized spacial score (nSPS) is 10.7. The zero-order valence-corrected chi connectivity index (χ0v) is 11.4. The van der Waals surface area contributed by atoms with Crippen LogP contribution in [0.3, 0.4) is 0 Å². The lowest BCUT2D eigenvalue weighted by molar-refractivity contribution is 0.490. The van der Waals surface area contributed by atoms with E-state index in [-0.39, 0.29) is 0 Å². The van der Waals surface area contributed by atoms with Crippen molar-refractivity contribution in [3.63, 3.8) is 0 Å². The Morgan fingerprint density at radius 2 is 2.05 bits per heavy atom. The van der Waals surface area contributed by atoms with Gasteiger partial charge in [-0.15, -0.1) is 10.2 Å². The van der Waals surface area contributed by atoms with Gasteiger partial charge in [-0.2, -0.15) is 0 Å². The number of rotatable bonds is 4. The lowest BCUT2D eigenvalue weighted by Gasteiger charge is -2.09. The fraction of sp³-hybridized carbons (Fsp3) is 0.200. The standard InChI is InChI=1S/C15H15N3O2/c1-10-7-12(15-18-17-9-19-15)4-6-14(10)16-8-13-5-3-11(2)20-13/h3-7,9,16H,8H2,1-2H3. The van der Waals surface area contributed by atoms with Gasteiger partial charge in [0.15, 0.2) is 0 Å². The molecular formula is C15H15N3O2. The Morgan fingerprint density at radius 3 is 2.70 bits per heavy atom. The second-order valence-corrected chi connectivity index (χ2v) is 4.64. The number of hydrogen-bond donors (Lipinski definition) is 1. The molecule has 0 unspecified atom stereocenters. The van der Waals surface area contributed by atoms with Crippen LogP contribution in [0.1, 0.15) is 17.1 Å². The molecule has 0 aliphatic carbocycles. The number of furan rings is 1. The summed E-state index contributed by atoms with van der Waals surface area (Å²) >= 11 is 0. The molecule has 2 heterocycles. The van der Waals surface area contributed by atoms with Crippen LogP contribution in [0.5, 0.6) is 0 Å². The first-order valence-corrected chi connectivity index (χ1v) is 6.39. The number of benzene rings is 1. The van der Waals surface area contributed by atoms with Gasteiger partial charge in [-0.05, 0) is 49.7 Å². The maximum Gasteiger partial charge on any atom is 0.247 e. The number of nitrogens with zero attached hydrogens (tertiary/aromatic N) is 2. The average molecular weight is 269 g/mol. The molecule has 0 fully saturated rings. The zero-order chi connectivity index (χ0) is 13.9. The van der Waals surface area contributed by atoms with Crippen molar-refractivity contribution >= 4 is 5.69 Å². The predicted octanol–water partition coefficient (Wildman–Crippen LogP) is 3.56. The molecule has 3 rings (SSSR count). The number of nitrogens with one attached hydrogen (secondary N) is 1. The first kappa shape index (κ1) is 12.5. The quantitative estimate of drug-likeness (QED) is 0.784. The van der Waals surface area contributed by atoms with E-state index in [1.54, 1.807) is 0 Å². The van der Waals surface area contributed by atoms with Gasteiger partial charge < -0.3 is 14.2 Å². The molecule has 0 saturated carbocycles. The Bertz CT molecular complexity index is 702. The second kappa shape index (κ2) is 5.21. The predicted molar refractivity (Wildman–Crippen MR) is 75.2 cm³/mol. The zero-order valence-electron chi connectivity index (χ0n) is 11.4. The third kappa shape index (κ3) is 2.56. The molecule has 1 N–H and O–H groups in total. The molecule has 20 heavy (non-hydrogen) atoms. The first-order valence-electron chi connectivity index (χ1n) is 6.39. The van der Waals surface area contributed by atoms with Crippen LogP contribution < -0.4 is 5.32 Å². The molecule has 0 bridgehead atoms. The minimum Gasteiger partial charge on any atom is -0.465 e. The number of aryl methyl sites for hydroxylation is 2. The van der Waals surface area contributed by atoms with Crippen LogP contribution in [0.2, 0.25) is 0 Å². The van der Waals surface area contributed by atoms with Crippen LogP contribution >= 0.6 is 0 Å². The second-order valence-electron chi connectivity index (χ2n) is 4.64. The van der Waals surface area contributed by atoms with Crippen LogP contribution in [0, 0.1) is 13.8 Å². The van der Waals surface area contributed by atoms with Crippen LogP contribution in [0.15, 0.2) is 45.6 Å². The van der Waals surface area contributed by atoms with Gasteiger partial charge in [0.2, 0.25) is 12.3 Å². The Morgan fingerprint density at radius 1 is 1.15 bits per heavy atom. The van der Waals surface area contributed by atoms with Crippen LogP contribution in [0.4, 0.5) is 5.69 Å². The van der Waals surface area contributed by atoms with Crippen LogP contribution in [-0.2, 0) is 6.54 Å². The smallest absolute Gasteiger partial charge is 0.247 e. The molecule has 0 spiro atoms. The van der Waals surface area contributed by atoms with Gasteiger partial charge in [-0.25, -0.2) is 0 Å². The molecular weight excluding hydrogens is 254 g/mol. The Kier molecular flexibility index (Phi) is 3.25. The number of hydrogen-bond acceptors (Lipinski definition) is 5. The van der Waals surface area contributed by atoms with E-state index >= 15 is 0 Å². The number of anilines is 1. The summed E-state index contributed by atoms with van der Waals surface area (Å²) in [6, 6.07) is 9.91. The Labute approximate surface area is 116 Å². The van der Waals surface area contributed by atoms with E-state index in [9.17, 15) is 0 Å². The van der Waals surface area contributed by atoms with Crippen molar-refractivity contribution in [1.29, 1.82) is 0 Å². The Hall–Kier alpha value is -2.56. The van der Waals surface area contributed by atoms with Crippen molar-refractivity contribution in [2.75, 3.05) is 5.32 Å². The maximum absolute atomic E-state index is 5.53. The molecule has 2 aromatic heterocycles. The van der Waals surface area contributed by atoms with Crippen molar-refractivity contribution in [2.45, 2.75) is 20.4 Å². The molecule has 0 aliphatic heterocycles. The molecule has 0 radical (unpaired) electrons. The van der Waals surface area contributed by atoms with Gasteiger partial charge >= 0.3 is 0 Å². The van der Waals surface area contributed by atoms with Crippen molar-refractivity contribution < 1.29 is 8.83 Å². The van der Waals surface area contributed by atoms with E-state index < -0.39 is 0 Å². The van der Waals surface area contributed by atoms with E-state index in [4.69, 9.17) is 8.83 Å². The van der Waals surface area contributed by atoms with Crippen LogP contribution in [0.25, 0.3) is 11.5 Å². The van der Waals surface area contributed by atoms with E-state index in [0.717, 1.165) is 28.3 Å². The monoisotopic (exact) mass is 269 g/mol. The van der Waals surface area contributed by atoms with E-state index in [2.05, 4.69) is 15.5 Å². The molecule has 0 atom stereocenters. The van der Waals surface area contributed by atoms with E-state index in [1.165, 1.54) is 6.39 Å². The maximum atomic E-state index is 5.53. The molecule has 0 amide bonds. The molecule has 3 aromatic rings. The summed E-state index contributed by atoms with van der Waals surface area (Å²) in [5.41, 5.74) is 3.09. The number of aromatic nitrogens is 2. The molecule has 1 aromatic carbocycles. The van der Waals surface area contributed by atoms with E-state index in [0.29, 0.717) is 12.4 Å². The highest BCUT2D eigenvalue weighted by Crippen LogP contribution is 2.23. The molecule has 5 heteroatoms. The highest BCUT2D eigenvalue weighted by molar-refractivity contribution is 5.62. The molecule has 5 nitrogen and oxygen atoms in total. The summed E-state index contributed by atoms with van der Waals surface area (Å²) in [6.45, 7) is 4.64. The minimum absolute atomic E-state index is 0.529. The van der Waals surface area contributed by atoms with Gasteiger partial charge in [0, 0.05) is 11.3 Å². The fourth-order valence-corrected chi connectivity index (χ4v) is 2.06. The van der Waals surface area contributed by atoms with E-state index in [1.807, 2.05) is 44.2 Å². The molecule has 102 valence electrons. The summed E-state index contributed by atoms with van der Waals surface area (Å²) in [7, 11) is 0.